The Labute approximate surface area is 108 Å². The lowest BCUT2D eigenvalue weighted by atomic mass is 10.3. The van der Waals surface area contributed by atoms with Crippen molar-refractivity contribution < 1.29 is 14.4 Å². The van der Waals surface area contributed by atoms with E-state index in [1.807, 2.05) is 0 Å². The van der Waals surface area contributed by atoms with Gasteiger partial charge < -0.3 is 14.9 Å². The van der Waals surface area contributed by atoms with Crippen LogP contribution in [0.25, 0.3) is 0 Å². The van der Waals surface area contributed by atoms with Gasteiger partial charge in [-0.05, 0) is 25.5 Å². The molecule has 0 bridgehead atoms. The molecule has 0 radical (unpaired) electrons. The van der Waals surface area contributed by atoms with E-state index >= 15 is 0 Å². The highest BCUT2D eigenvalue weighted by molar-refractivity contribution is 7.12. The number of rotatable bonds is 5. The van der Waals surface area contributed by atoms with Gasteiger partial charge >= 0.3 is 5.97 Å². The smallest absolute Gasteiger partial charge is 0.358 e. The summed E-state index contributed by atoms with van der Waals surface area (Å²) in [6, 6.07) is 3.58. The molecule has 2 aromatic heterocycles. The van der Waals surface area contributed by atoms with Gasteiger partial charge in [-0.15, -0.1) is 11.3 Å². The van der Waals surface area contributed by atoms with Gasteiger partial charge in [0, 0.05) is 22.4 Å². The third-order valence-corrected chi connectivity index (χ3v) is 3.75. The number of nitrogens with zero attached hydrogens (tertiary/aromatic N) is 1. The minimum Gasteiger partial charge on any atom is -0.476 e. The first kappa shape index (κ1) is 12.8. The predicted octanol–water partition coefficient (Wildman–Crippen LogP) is 2.34. The van der Waals surface area contributed by atoms with Gasteiger partial charge in [0.05, 0.1) is 6.54 Å². The molecule has 2 aromatic rings. The van der Waals surface area contributed by atoms with Gasteiger partial charge in [-0.2, -0.15) is 0 Å². The van der Waals surface area contributed by atoms with E-state index in [-0.39, 0.29) is 5.69 Å². The summed E-state index contributed by atoms with van der Waals surface area (Å²) in [6.45, 7) is 5.39. The summed E-state index contributed by atoms with van der Waals surface area (Å²) in [5, 5.41) is 15.3. The Morgan fingerprint density at radius 3 is 2.78 bits per heavy atom. The van der Waals surface area contributed by atoms with Gasteiger partial charge in [0.25, 0.3) is 0 Å². The van der Waals surface area contributed by atoms with Crippen LogP contribution in [0.5, 0.6) is 0 Å². The Hall–Kier alpha value is -1.66. The molecule has 0 saturated heterocycles. The van der Waals surface area contributed by atoms with Crippen LogP contribution in [-0.2, 0) is 13.1 Å². The average molecular weight is 266 g/mol. The van der Waals surface area contributed by atoms with Crippen molar-refractivity contribution in [1.82, 2.24) is 10.5 Å². The Bertz CT molecular complexity index is 540. The molecule has 0 spiro atoms. The zero-order chi connectivity index (χ0) is 13.1. The summed E-state index contributed by atoms with van der Waals surface area (Å²) < 4.78 is 4.90. The number of aromatic nitrogens is 1. The molecule has 18 heavy (non-hydrogen) atoms. The number of aromatic carboxylic acids is 1. The lowest BCUT2D eigenvalue weighted by Crippen LogP contribution is -2.11. The van der Waals surface area contributed by atoms with Crippen molar-refractivity contribution in [3.05, 3.63) is 38.9 Å². The largest absolute Gasteiger partial charge is 0.476 e. The van der Waals surface area contributed by atoms with Crippen molar-refractivity contribution in [3.63, 3.8) is 0 Å². The topological polar surface area (TPSA) is 75.4 Å². The maximum absolute atomic E-state index is 10.6. The van der Waals surface area contributed by atoms with Crippen LogP contribution < -0.4 is 5.32 Å². The average Bonchev–Trinajstić information content (AvgIpc) is 2.88. The molecule has 0 saturated carbocycles. The summed E-state index contributed by atoms with van der Waals surface area (Å²) in [5.41, 5.74) is 1.24. The number of aryl methyl sites for hydroxylation is 2. The van der Waals surface area contributed by atoms with Crippen molar-refractivity contribution >= 4 is 17.3 Å². The van der Waals surface area contributed by atoms with Gasteiger partial charge in [0.2, 0.25) is 0 Å². The molecular weight excluding hydrogens is 252 g/mol. The molecule has 0 atom stereocenters. The lowest BCUT2D eigenvalue weighted by molar-refractivity contribution is 0.0685. The van der Waals surface area contributed by atoms with Crippen LogP contribution >= 0.6 is 11.3 Å². The molecule has 5 nitrogen and oxygen atoms in total. The quantitative estimate of drug-likeness (QED) is 0.868. The number of thiophene rings is 1. The zero-order valence-electron chi connectivity index (χ0n) is 10.2. The molecule has 0 aliphatic rings. The molecular formula is C12H14N2O3S. The summed E-state index contributed by atoms with van der Waals surface area (Å²) >= 11 is 1.76. The first-order valence-electron chi connectivity index (χ1n) is 5.52. The lowest BCUT2D eigenvalue weighted by Gasteiger charge is -1.98. The molecule has 96 valence electrons. The van der Waals surface area contributed by atoms with E-state index in [4.69, 9.17) is 9.63 Å². The predicted molar refractivity (Wildman–Crippen MR) is 67.8 cm³/mol. The van der Waals surface area contributed by atoms with Gasteiger partial charge in [0.15, 0.2) is 11.5 Å². The number of carboxylic acid groups (broad SMARTS) is 1. The number of hydrogen-bond acceptors (Lipinski definition) is 5. The minimum atomic E-state index is -1.07. The summed E-state index contributed by atoms with van der Waals surface area (Å²) in [6.07, 6.45) is 0. The molecule has 2 heterocycles. The van der Waals surface area contributed by atoms with E-state index in [2.05, 4.69) is 30.4 Å². The monoisotopic (exact) mass is 266 g/mol. The SMILES string of the molecule is Cc1cc(CNCc2cc(C(=O)O)no2)sc1C. The number of hydrogen-bond donors (Lipinski definition) is 2. The van der Waals surface area contributed by atoms with E-state index in [1.54, 1.807) is 11.3 Å². The third kappa shape index (κ3) is 2.96. The van der Waals surface area contributed by atoms with Crippen molar-refractivity contribution in [3.8, 4) is 0 Å². The molecule has 6 heteroatoms. The highest BCUT2D eigenvalue weighted by Crippen LogP contribution is 2.20. The van der Waals surface area contributed by atoms with Crippen molar-refractivity contribution in [1.29, 1.82) is 0 Å². The fourth-order valence-electron chi connectivity index (χ4n) is 1.54. The van der Waals surface area contributed by atoms with E-state index in [9.17, 15) is 4.79 Å². The summed E-state index contributed by atoms with van der Waals surface area (Å²) in [4.78, 5) is 13.2. The molecule has 0 aliphatic carbocycles. The van der Waals surface area contributed by atoms with Crippen molar-refractivity contribution in [2.24, 2.45) is 0 Å². The molecule has 2 rings (SSSR count). The van der Waals surface area contributed by atoms with Crippen LogP contribution in [-0.4, -0.2) is 16.2 Å². The van der Waals surface area contributed by atoms with Gasteiger partial charge in [-0.1, -0.05) is 5.16 Å². The van der Waals surface area contributed by atoms with Crippen molar-refractivity contribution in [2.45, 2.75) is 26.9 Å². The van der Waals surface area contributed by atoms with E-state index in [0.717, 1.165) is 6.54 Å². The number of nitrogens with one attached hydrogen (secondary N) is 1. The second-order valence-corrected chi connectivity index (χ2v) is 5.38. The van der Waals surface area contributed by atoms with E-state index in [0.29, 0.717) is 12.3 Å². The molecule has 2 N–H and O–H groups in total. The van der Waals surface area contributed by atoms with Crippen LogP contribution in [0.1, 0.15) is 31.6 Å². The molecule has 0 aromatic carbocycles. The summed E-state index contributed by atoms with van der Waals surface area (Å²) in [5.74, 6) is -0.549. The third-order valence-electron chi connectivity index (χ3n) is 2.59. The highest BCUT2D eigenvalue weighted by atomic mass is 32.1. The van der Waals surface area contributed by atoms with Gasteiger partial charge in [-0.25, -0.2) is 4.79 Å². The Morgan fingerprint density at radius 1 is 1.44 bits per heavy atom. The number of carboxylic acids is 1. The maximum Gasteiger partial charge on any atom is 0.358 e. The first-order valence-corrected chi connectivity index (χ1v) is 6.33. The molecule has 0 aliphatic heterocycles. The summed E-state index contributed by atoms with van der Waals surface area (Å²) in [7, 11) is 0. The van der Waals surface area contributed by atoms with E-state index in [1.165, 1.54) is 21.4 Å². The Balaban J connectivity index is 1.86. The van der Waals surface area contributed by atoms with Crippen molar-refractivity contribution in [2.75, 3.05) is 0 Å². The number of carbonyl (C=O) groups is 1. The van der Waals surface area contributed by atoms with Crippen LogP contribution in [0.4, 0.5) is 0 Å². The molecule has 0 unspecified atom stereocenters. The fourth-order valence-corrected chi connectivity index (χ4v) is 2.57. The fraction of sp³-hybridized carbons (Fsp3) is 0.333. The zero-order valence-corrected chi connectivity index (χ0v) is 11.0. The van der Waals surface area contributed by atoms with Crippen LogP contribution in [0.3, 0.4) is 0 Å². The second-order valence-electron chi connectivity index (χ2n) is 4.04. The van der Waals surface area contributed by atoms with Crippen LogP contribution in [0.15, 0.2) is 16.7 Å². The molecule has 0 fully saturated rings. The minimum absolute atomic E-state index is 0.0605. The maximum atomic E-state index is 10.6. The normalized spacial score (nSPS) is 10.8. The molecule has 0 amide bonds. The van der Waals surface area contributed by atoms with E-state index < -0.39 is 5.97 Å². The van der Waals surface area contributed by atoms with Crippen LogP contribution in [0.2, 0.25) is 0 Å². The first-order chi connectivity index (χ1) is 8.56. The van der Waals surface area contributed by atoms with Gasteiger partial charge in [-0.3, -0.25) is 0 Å². The second kappa shape index (κ2) is 5.32. The Morgan fingerprint density at radius 2 is 2.22 bits per heavy atom. The standard InChI is InChI=1S/C12H14N2O3S/c1-7-3-10(18-8(7)2)6-13-5-9-4-11(12(15)16)14-17-9/h3-4,13H,5-6H2,1-2H3,(H,15,16). The Kier molecular flexibility index (Phi) is 3.78. The highest BCUT2D eigenvalue weighted by Gasteiger charge is 2.10. The van der Waals surface area contributed by atoms with Gasteiger partial charge in [0.1, 0.15) is 0 Å². The van der Waals surface area contributed by atoms with Crippen LogP contribution in [0, 0.1) is 13.8 Å².